The summed E-state index contributed by atoms with van der Waals surface area (Å²) >= 11 is 0. The molecule has 7 nitrogen and oxygen atoms in total. The first-order valence-corrected chi connectivity index (χ1v) is 11.3. The van der Waals surface area contributed by atoms with Crippen molar-refractivity contribution in [2.45, 2.75) is 65.3 Å². The van der Waals surface area contributed by atoms with Crippen molar-refractivity contribution in [3.8, 4) is 0 Å². The Bertz CT molecular complexity index is 1100. The first kappa shape index (κ1) is 21.5. The second kappa shape index (κ2) is 8.44. The number of aromatic nitrogens is 3. The average molecular weight is 425 g/mol. The number of nitrogens with zero attached hydrogens (tertiary/aromatic N) is 3. The van der Waals surface area contributed by atoms with Crippen LogP contribution in [0.4, 0.5) is 0 Å². The van der Waals surface area contributed by atoms with Crippen LogP contribution in [0.15, 0.2) is 27.8 Å². The van der Waals surface area contributed by atoms with E-state index in [1.165, 1.54) is 0 Å². The fourth-order valence-corrected chi connectivity index (χ4v) is 5.34. The van der Waals surface area contributed by atoms with Crippen LogP contribution in [0, 0.1) is 25.7 Å². The van der Waals surface area contributed by atoms with Gasteiger partial charge in [-0.2, -0.15) is 0 Å². The third-order valence-corrected chi connectivity index (χ3v) is 6.86. The number of H-pyrrole nitrogens is 1. The number of nitrogens with one attached hydrogen (secondary N) is 1. The average Bonchev–Trinajstić information content (AvgIpc) is 2.70. The molecule has 2 aromatic heterocycles. The van der Waals surface area contributed by atoms with Crippen molar-refractivity contribution in [3.63, 3.8) is 0 Å². The van der Waals surface area contributed by atoms with Crippen molar-refractivity contribution in [2.24, 2.45) is 11.8 Å². The lowest BCUT2D eigenvalue weighted by Gasteiger charge is -2.47. The smallest absolute Gasteiger partial charge is 0.254 e. The van der Waals surface area contributed by atoms with Gasteiger partial charge in [-0.05, 0) is 51.0 Å². The number of fused-ring (bicyclic) bond motifs is 4. The second-order valence-corrected chi connectivity index (χ2v) is 9.58. The summed E-state index contributed by atoms with van der Waals surface area (Å²) in [5.41, 5.74) is 1.93. The van der Waals surface area contributed by atoms with Gasteiger partial charge in [0.25, 0.3) is 11.1 Å². The van der Waals surface area contributed by atoms with Gasteiger partial charge in [0, 0.05) is 48.1 Å². The van der Waals surface area contributed by atoms with Gasteiger partial charge in [-0.3, -0.25) is 14.4 Å². The molecule has 1 amide bonds. The Morgan fingerprint density at radius 3 is 2.71 bits per heavy atom. The number of rotatable bonds is 5. The van der Waals surface area contributed by atoms with Crippen molar-refractivity contribution in [3.05, 3.63) is 61.7 Å². The van der Waals surface area contributed by atoms with E-state index < -0.39 is 0 Å². The summed E-state index contributed by atoms with van der Waals surface area (Å²) in [7, 11) is 0. The van der Waals surface area contributed by atoms with Crippen molar-refractivity contribution < 1.29 is 4.79 Å². The molecule has 1 fully saturated rings. The van der Waals surface area contributed by atoms with Crippen LogP contribution in [0.5, 0.6) is 0 Å². The summed E-state index contributed by atoms with van der Waals surface area (Å²) in [6, 6.07) is 5.63. The van der Waals surface area contributed by atoms with Crippen LogP contribution in [0.25, 0.3) is 0 Å². The Morgan fingerprint density at radius 2 is 2.00 bits per heavy atom. The van der Waals surface area contributed by atoms with Gasteiger partial charge < -0.3 is 14.5 Å². The van der Waals surface area contributed by atoms with Crippen molar-refractivity contribution in [1.29, 1.82) is 0 Å². The predicted molar refractivity (Wildman–Crippen MR) is 119 cm³/mol. The number of hydrogen-bond acceptors (Lipinski definition) is 4. The molecule has 3 atom stereocenters. The summed E-state index contributed by atoms with van der Waals surface area (Å²) in [6.07, 6.45) is 3.05. The monoisotopic (exact) mass is 424 g/mol. The topological polar surface area (TPSA) is 88.1 Å². The molecule has 1 saturated heterocycles. The molecular weight excluding hydrogens is 392 g/mol. The highest BCUT2D eigenvalue weighted by Crippen LogP contribution is 2.43. The van der Waals surface area contributed by atoms with Crippen molar-refractivity contribution >= 4 is 5.91 Å². The van der Waals surface area contributed by atoms with E-state index in [1.54, 1.807) is 19.9 Å². The number of aromatic amines is 1. The minimum Gasteiger partial charge on any atom is -0.341 e. The van der Waals surface area contributed by atoms with E-state index in [4.69, 9.17) is 0 Å². The number of amides is 1. The molecule has 0 aromatic carbocycles. The third-order valence-electron chi connectivity index (χ3n) is 6.86. The van der Waals surface area contributed by atoms with Gasteiger partial charge in [-0.15, -0.1) is 0 Å². The Labute approximate surface area is 182 Å². The zero-order valence-electron chi connectivity index (χ0n) is 18.9. The van der Waals surface area contributed by atoms with E-state index in [1.807, 2.05) is 21.6 Å². The summed E-state index contributed by atoms with van der Waals surface area (Å²) in [5, 5.41) is 0. The Balaban J connectivity index is 1.61. The number of carbonyl (C=O) groups excluding carboxylic acids is 1. The molecule has 0 saturated carbocycles. The standard InChI is InChI=1S/C24H32N4O3/c1-14(2)8-9-21-18-10-17(20-6-5-7-22(29)28(20)21)12-27(13-18)23(30)11-19-15(3)25-16(4)26-24(19)31/h5-7,14,17-18,21H,8-13H2,1-4H3,(H,25,26,31)/t17-,18+,21+/m1/s1. The van der Waals surface area contributed by atoms with Gasteiger partial charge in [0.1, 0.15) is 5.82 Å². The fraction of sp³-hybridized carbons (Fsp3) is 0.583. The zero-order valence-corrected chi connectivity index (χ0v) is 18.9. The molecule has 31 heavy (non-hydrogen) atoms. The molecule has 7 heteroatoms. The molecule has 2 aliphatic rings. The maximum absolute atomic E-state index is 13.2. The molecule has 2 aromatic rings. The van der Waals surface area contributed by atoms with E-state index in [0.29, 0.717) is 36.1 Å². The molecule has 2 aliphatic heterocycles. The maximum Gasteiger partial charge on any atom is 0.254 e. The largest absolute Gasteiger partial charge is 0.341 e. The normalized spacial score (nSPS) is 22.5. The number of likely N-dealkylation sites (tertiary alicyclic amines) is 1. The quantitative estimate of drug-likeness (QED) is 0.799. The van der Waals surface area contributed by atoms with Gasteiger partial charge >= 0.3 is 0 Å². The number of pyridine rings is 1. The van der Waals surface area contributed by atoms with Crippen LogP contribution >= 0.6 is 0 Å². The minimum atomic E-state index is -0.234. The van der Waals surface area contributed by atoms with Gasteiger partial charge in [0.2, 0.25) is 5.91 Å². The first-order chi connectivity index (χ1) is 14.7. The third kappa shape index (κ3) is 4.23. The molecule has 4 heterocycles. The fourth-order valence-electron chi connectivity index (χ4n) is 5.34. The Kier molecular flexibility index (Phi) is 5.86. The van der Waals surface area contributed by atoms with Gasteiger partial charge in [0.05, 0.1) is 6.42 Å². The Hall–Kier alpha value is -2.70. The predicted octanol–water partition coefficient (Wildman–Crippen LogP) is 2.71. The lowest BCUT2D eigenvalue weighted by atomic mass is 9.76. The summed E-state index contributed by atoms with van der Waals surface area (Å²) in [5.74, 6) is 1.49. The highest BCUT2D eigenvalue weighted by molar-refractivity contribution is 5.79. The van der Waals surface area contributed by atoms with Crippen molar-refractivity contribution in [2.75, 3.05) is 13.1 Å². The summed E-state index contributed by atoms with van der Waals surface area (Å²) in [6.45, 7) is 9.14. The van der Waals surface area contributed by atoms with Crippen LogP contribution in [-0.4, -0.2) is 38.4 Å². The molecule has 166 valence electrons. The van der Waals surface area contributed by atoms with Gasteiger partial charge in [0.15, 0.2) is 0 Å². The first-order valence-electron chi connectivity index (χ1n) is 11.3. The van der Waals surface area contributed by atoms with Gasteiger partial charge in [-0.1, -0.05) is 19.9 Å². The van der Waals surface area contributed by atoms with Crippen LogP contribution in [-0.2, 0) is 11.2 Å². The van der Waals surface area contributed by atoms with E-state index >= 15 is 0 Å². The van der Waals surface area contributed by atoms with Crippen LogP contribution in [0.2, 0.25) is 0 Å². The van der Waals surface area contributed by atoms with E-state index in [2.05, 4.69) is 23.8 Å². The van der Waals surface area contributed by atoms with E-state index in [0.717, 1.165) is 25.0 Å². The molecule has 0 spiro atoms. The van der Waals surface area contributed by atoms with E-state index in [-0.39, 0.29) is 41.3 Å². The SMILES string of the molecule is Cc1nc(C)c(CC(=O)N2C[C@H]3C[C@@H](C2)[C@H](CCC(C)C)n2c3cccc2=O)c(=O)[nH]1. The lowest BCUT2D eigenvalue weighted by molar-refractivity contribution is -0.133. The molecule has 2 bridgehead atoms. The zero-order chi connectivity index (χ0) is 22.3. The number of aryl methyl sites for hydroxylation is 2. The molecule has 1 N–H and O–H groups in total. The summed E-state index contributed by atoms with van der Waals surface area (Å²) < 4.78 is 2.00. The minimum absolute atomic E-state index is 0.0386. The van der Waals surface area contributed by atoms with Crippen LogP contribution in [0.1, 0.15) is 67.8 Å². The highest BCUT2D eigenvalue weighted by Gasteiger charge is 2.41. The Morgan fingerprint density at radius 1 is 1.23 bits per heavy atom. The highest BCUT2D eigenvalue weighted by atomic mass is 16.2. The maximum atomic E-state index is 13.2. The van der Waals surface area contributed by atoms with Crippen LogP contribution < -0.4 is 11.1 Å². The van der Waals surface area contributed by atoms with Gasteiger partial charge in [-0.25, -0.2) is 4.98 Å². The van der Waals surface area contributed by atoms with E-state index in [9.17, 15) is 14.4 Å². The summed E-state index contributed by atoms with van der Waals surface area (Å²) in [4.78, 5) is 47.3. The van der Waals surface area contributed by atoms with Crippen LogP contribution in [0.3, 0.4) is 0 Å². The molecule has 0 unspecified atom stereocenters. The van der Waals surface area contributed by atoms with Crippen molar-refractivity contribution in [1.82, 2.24) is 19.4 Å². The molecule has 0 aliphatic carbocycles. The lowest BCUT2D eigenvalue weighted by Crippen LogP contribution is -2.51. The number of piperidine rings is 1. The number of carbonyl (C=O) groups is 1. The molecule has 0 radical (unpaired) electrons. The molecular formula is C24H32N4O3. The molecule has 4 rings (SSSR count). The second-order valence-electron chi connectivity index (χ2n) is 9.58. The number of hydrogen-bond donors (Lipinski definition) is 1.